The summed E-state index contributed by atoms with van der Waals surface area (Å²) in [5.41, 5.74) is -1.12. The van der Waals surface area contributed by atoms with E-state index >= 15 is 0 Å². The maximum Gasteiger partial charge on any atom is 0.191 e. The predicted molar refractivity (Wildman–Crippen MR) is 86.0 cm³/mol. The first-order valence-corrected chi connectivity index (χ1v) is 7.94. The summed E-state index contributed by atoms with van der Waals surface area (Å²) in [5, 5.41) is 17.0. The standard InChI is InChI=1S/C16H27N3O3/c1-4-17-15(18-10-13-6-5-9-21-13)19-11-16(3,20)14-8-7-12(2)22-14/h7-8,13,20H,4-6,9-11H2,1-3H3,(H2,17,18,19). The van der Waals surface area contributed by atoms with E-state index in [9.17, 15) is 5.11 Å². The third kappa shape index (κ3) is 4.74. The Morgan fingerprint density at radius 2 is 2.27 bits per heavy atom. The van der Waals surface area contributed by atoms with Gasteiger partial charge in [-0.3, -0.25) is 0 Å². The van der Waals surface area contributed by atoms with E-state index in [1.54, 1.807) is 13.0 Å². The average molecular weight is 309 g/mol. The van der Waals surface area contributed by atoms with Crippen LogP contribution in [0.1, 0.15) is 38.2 Å². The number of nitrogens with one attached hydrogen (secondary N) is 2. The van der Waals surface area contributed by atoms with E-state index in [2.05, 4.69) is 15.6 Å². The van der Waals surface area contributed by atoms with Gasteiger partial charge in [0.05, 0.1) is 12.6 Å². The molecule has 0 bridgehead atoms. The van der Waals surface area contributed by atoms with E-state index in [4.69, 9.17) is 9.15 Å². The molecule has 2 heterocycles. The van der Waals surface area contributed by atoms with Gasteiger partial charge in [0.1, 0.15) is 17.1 Å². The number of nitrogens with zero attached hydrogens (tertiary/aromatic N) is 1. The quantitative estimate of drug-likeness (QED) is 0.548. The number of rotatable bonds is 6. The second kappa shape index (κ2) is 7.65. The summed E-state index contributed by atoms with van der Waals surface area (Å²) >= 11 is 0. The average Bonchev–Trinajstić information content (AvgIpc) is 3.13. The third-order valence-electron chi connectivity index (χ3n) is 3.68. The summed E-state index contributed by atoms with van der Waals surface area (Å²) in [7, 11) is 0. The van der Waals surface area contributed by atoms with Crippen molar-refractivity contribution >= 4 is 5.96 Å². The lowest BCUT2D eigenvalue weighted by Crippen LogP contribution is -2.42. The Labute approximate surface area is 132 Å². The van der Waals surface area contributed by atoms with Crippen LogP contribution in [0.4, 0.5) is 0 Å². The smallest absolute Gasteiger partial charge is 0.191 e. The molecule has 1 saturated heterocycles. The van der Waals surface area contributed by atoms with E-state index in [1.165, 1.54) is 0 Å². The molecular weight excluding hydrogens is 282 g/mol. The highest BCUT2D eigenvalue weighted by atomic mass is 16.5. The maximum absolute atomic E-state index is 10.5. The van der Waals surface area contributed by atoms with Crippen LogP contribution in [0.2, 0.25) is 0 Å². The van der Waals surface area contributed by atoms with Crippen molar-refractivity contribution in [2.75, 3.05) is 26.2 Å². The van der Waals surface area contributed by atoms with Gasteiger partial charge in [0, 0.05) is 19.7 Å². The van der Waals surface area contributed by atoms with Crippen LogP contribution < -0.4 is 10.6 Å². The van der Waals surface area contributed by atoms with Gasteiger partial charge in [0.25, 0.3) is 0 Å². The van der Waals surface area contributed by atoms with Gasteiger partial charge in [0.15, 0.2) is 5.96 Å². The lowest BCUT2D eigenvalue weighted by molar-refractivity contribution is 0.0428. The van der Waals surface area contributed by atoms with Crippen molar-refractivity contribution in [2.24, 2.45) is 4.99 Å². The first kappa shape index (κ1) is 16.8. The van der Waals surface area contributed by atoms with Crippen molar-refractivity contribution in [2.45, 2.75) is 45.3 Å². The molecular formula is C16H27N3O3. The van der Waals surface area contributed by atoms with Gasteiger partial charge in [-0.2, -0.15) is 0 Å². The highest BCUT2D eigenvalue weighted by molar-refractivity contribution is 5.79. The molecule has 0 spiro atoms. The molecule has 0 saturated carbocycles. The molecule has 1 aliphatic heterocycles. The molecule has 1 fully saturated rings. The fraction of sp³-hybridized carbons (Fsp3) is 0.688. The Kier molecular flexibility index (Phi) is 5.85. The molecule has 6 heteroatoms. The minimum atomic E-state index is -1.12. The van der Waals surface area contributed by atoms with Crippen molar-refractivity contribution in [3.8, 4) is 0 Å². The number of ether oxygens (including phenoxy) is 1. The molecule has 3 N–H and O–H groups in total. The van der Waals surface area contributed by atoms with Crippen molar-refractivity contribution in [3.63, 3.8) is 0 Å². The van der Waals surface area contributed by atoms with E-state index < -0.39 is 5.60 Å². The zero-order valence-electron chi connectivity index (χ0n) is 13.7. The lowest BCUT2D eigenvalue weighted by Gasteiger charge is -2.20. The van der Waals surface area contributed by atoms with E-state index in [1.807, 2.05) is 19.9 Å². The number of aliphatic imine (C=N–C) groups is 1. The number of furan rings is 1. The van der Waals surface area contributed by atoms with Crippen LogP contribution in [0, 0.1) is 6.92 Å². The van der Waals surface area contributed by atoms with E-state index in [0.29, 0.717) is 11.7 Å². The predicted octanol–water partition coefficient (Wildman–Crippen LogP) is 1.53. The Morgan fingerprint density at radius 1 is 1.45 bits per heavy atom. The Morgan fingerprint density at radius 3 is 2.86 bits per heavy atom. The van der Waals surface area contributed by atoms with Gasteiger partial charge in [-0.1, -0.05) is 0 Å². The van der Waals surface area contributed by atoms with Crippen molar-refractivity contribution in [3.05, 3.63) is 23.7 Å². The molecule has 1 aromatic heterocycles. The fourth-order valence-electron chi connectivity index (χ4n) is 2.39. The number of hydrogen-bond donors (Lipinski definition) is 3. The first-order valence-electron chi connectivity index (χ1n) is 7.94. The lowest BCUT2D eigenvalue weighted by atomic mass is 10.0. The molecule has 124 valence electrons. The molecule has 1 aromatic rings. The fourth-order valence-corrected chi connectivity index (χ4v) is 2.39. The minimum Gasteiger partial charge on any atom is -0.463 e. The topological polar surface area (TPSA) is 79.0 Å². The summed E-state index contributed by atoms with van der Waals surface area (Å²) in [5.74, 6) is 1.99. The van der Waals surface area contributed by atoms with Crippen LogP contribution in [0.15, 0.2) is 21.5 Å². The first-order chi connectivity index (χ1) is 10.5. The van der Waals surface area contributed by atoms with Crippen LogP contribution in [-0.4, -0.2) is 43.4 Å². The Balaban J connectivity index is 1.93. The Bertz CT molecular complexity index is 491. The van der Waals surface area contributed by atoms with Crippen LogP contribution in [0.3, 0.4) is 0 Å². The molecule has 0 radical (unpaired) electrons. The van der Waals surface area contributed by atoms with Crippen molar-refractivity contribution < 1.29 is 14.3 Å². The number of hydrogen-bond acceptors (Lipinski definition) is 4. The highest BCUT2D eigenvalue weighted by Gasteiger charge is 2.26. The second-order valence-corrected chi connectivity index (χ2v) is 5.90. The molecule has 2 atom stereocenters. The molecule has 1 aliphatic rings. The van der Waals surface area contributed by atoms with Crippen LogP contribution in [-0.2, 0) is 10.3 Å². The molecule has 2 rings (SSSR count). The van der Waals surface area contributed by atoms with Crippen LogP contribution in [0.5, 0.6) is 0 Å². The van der Waals surface area contributed by atoms with Crippen molar-refractivity contribution in [1.82, 2.24) is 10.6 Å². The molecule has 6 nitrogen and oxygen atoms in total. The zero-order chi connectivity index (χ0) is 16.0. The van der Waals surface area contributed by atoms with E-state index in [-0.39, 0.29) is 12.6 Å². The van der Waals surface area contributed by atoms with Gasteiger partial charge >= 0.3 is 0 Å². The minimum absolute atomic E-state index is 0.223. The van der Waals surface area contributed by atoms with Crippen LogP contribution >= 0.6 is 0 Å². The number of guanidine groups is 1. The summed E-state index contributed by atoms with van der Waals surface area (Å²) in [6.07, 6.45) is 2.44. The number of aryl methyl sites for hydroxylation is 1. The summed E-state index contributed by atoms with van der Waals surface area (Å²) in [4.78, 5) is 4.46. The van der Waals surface area contributed by atoms with Gasteiger partial charge < -0.3 is 24.9 Å². The van der Waals surface area contributed by atoms with Crippen LogP contribution in [0.25, 0.3) is 0 Å². The van der Waals surface area contributed by atoms with Gasteiger partial charge in [-0.25, -0.2) is 4.99 Å². The largest absolute Gasteiger partial charge is 0.463 e. The summed E-state index contributed by atoms with van der Waals surface area (Å²) in [6.45, 7) is 8.13. The molecule has 0 aromatic carbocycles. The highest BCUT2D eigenvalue weighted by Crippen LogP contribution is 2.23. The Hall–Kier alpha value is -1.53. The number of aliphatic hydroxyl groups is 1. The molecule has 22 heavy (non-hydrogen) atoms. The summed E-state index contributed by atoms with van der Waals surface area (Å²) in [6, 6.07) is 3.63. The maximum atomic E-state index is 10.5. The molecule has 0 amide bonds. The molecule has 2 unspecified atom stereocenters. The van der Waals surface area contributed by atoms with Gasteiger partial charge in [-0.15, -0.1) is 0 Å². The second-order valence-electron chi connectivity index (χ2n) is 5.90. The monoisotopic (exact) mass is 309 g/mol. The van der Waals surface area contributed by atoms with Gasteiger partial charge in [0.2, 0.25) is 0 Å². The molecule has 0 aliphatic carbocycles. The third-order valence-corrected chi connectivity index (χ3v) is 3.68. The normalized spacial score (nSPS) is 21.6. The summed E-state index contributed by atoms with van der Waals surface area (Å²) < 4.78 is 11.1. The zero-order valence-corrected chi connectivity index (χ0v) is 13.7. The van der Waals surface area contributed by atoms with Crippen molar-refractivity contribution in [1.29, 1.82) is 0 Å². The van der Waals surface area contributed by atoms with Gasteiger partial charge in [-0.05, 0) is 45.7 Å². The van der Waals surface area contributed by atoms with E-state index in [0.717, 1.165) is 38.3 Å². The SMILES string of the molecule is CCNC(=NCC(C)(O)c1ccc(C)o1)NCC1CCCO1.